The fraction of sp³-hybridized carbons (Fsp3) is 0.538. The van der Waals surface area contributed by atoms with E-state index in [-0.39, 0.29) is 11.4 Å². The number of hydrogen-bond acceptors (Lipinski definition) is 2. The van der Waals surface area contributed by atoms with E-state index in [4.69, 9.17) is 17.3 Å². The summed E-state index contributed by atoms with van der Waals surface area (Å²) in [4.78, 5) is 0. The largest absolute Gasteiger partial charge is 0.330 e. The fourth-order valence-electron chi connectivity index (χ4n) is 1.61. The second-order valence-corrected chi connectivity index (χ2v) is 5.38. The lowest BCUT2D eigenvalue weighted by Crippen LogP contribution is -2.40. The molecule has 0 heterocycles. The third kappa shape index (κ3) is 4.26. The van der Waals surface area contributed by atoms with Gasteiger partial charge in [-0.1, -0.05) is 11.6 Å². The van der Waals surface area contributed by atoms with Crippen LogP contribution >= 0.6 is 11.6 Å². The van der Waals surface area contributed by atoms with Gasteiger partial charge < -0.3 is 11.1 Å². The van der Waals surface area contributed by atoms with Crippen molar-refractivity contribution in [1.29, 1.82) is 0 Å². The highest BCUT2D eigenvalue weighted by Crippen LogP contribution is 2.21. The zero-order chi connectivity index (χ0) is 13.1. The summed E-state index contributed by atoms with van der Waals surface area (Å²) in [5, 5.41) is 3.93. The van der Waals surface area contributed by atoms with Gasteiger partial charge in [0.1, 0.15) is 5.82 Å². The van der Waals surface area contributed by atoms with Crippen molar-refractivity contribution < 1.29 is 4.39 Å². The van der Waals surface area contributed by atoms with E-state index in [2.05, 4.69) is 19.2 Å². The summed E-state index contributed by atoms with van der Waals surface area (Å²) in [7, 11) is 0. The van der Waals surface area contributed by atoms with Crippen LogP contribution in [0.3, 0.4) is 0 Å². The van der Waals surface area contributed by atoms with E-state index in [9.17, 15) is 4.39 Å². The molecule has 0 aromatic heterocycles. The van der Waals surface area contributed by atoms with Gasteiger partial charge in [-0.3, -0.25) is 0 Å². The van der Waals surface area contributed by atoms with Crippen LogP contribution in [-0.2, 0) is 6.54 Å². The van der Waals surface area contributed by atoms with Crippen LogP contribution < -0.4 is 11.1 Å². The lowest BCUT2D eigenvalue weighted by atomic mass is 10.00. The average molecular weight is 259 g/mol. The van der Waals surface area contributed by atoms with Crippen molar-refractivity contribution in [3.05, 3.63) is 34.1 Å². The molecule has 0 aliphatic rings. The van der Waals surface area contributed by atoms with Gasteiger partial charge in [0, 0.05) is 17.1 Å². The number of rotatable bonds is 5. The zero-order valence-electron chi connectivity index (χ0n) is 10.6. The Morgan fingerprint density at radius 1 is 1.41 bits per heavy atom. The summed E-state index contributed by atoms with van der Waals surface area (Å²) >= 11 is 6.08. The Morgan fingerprint density at radius 2 is 2.06 bits per heavy atom. The summed E-state index contributed by atoms with van der Waals surface area (Å²) in [6.07, 6.45) is 0.860. The first-order valence-corrected chi connectivity index (χ1v) is 6.13. The summed E-state index contributed by atoms with van der Waals surface area (Å²) in [6, 6.07) is 3.15. The first-order valence-electron chi connectivity index (χ1n) is 5.75. The van der Waals surface area contributed by atoms with E-state index in [1.54, 1.807) is 13.0 Å². The van der Waals surface area contributed by atoms with E-state index >= 15 is 0 Å². The number of hydrogen-bond donors (Lipinski definition) is 2. The average Bonchev–Trinajstić information content (AvgIpc) is 2.21. The van der Waals surface area contributed by atoms with E-state index in [1.807, 2.05) is 0 Å². The van der Waals surface area contributed by atoms with Gasteiger partial charge in [-0.25, -0.2) is 4.39 Å². The third-order valence-electron chi connectivity index (χ3n) is 2.85. The van der Waals surface area contributed by atoms with Crippen molar-refractivity contribution in [3.63, 3.8) is 0 Å². The maximum atomic E-state index is 13.4. The maximum Gasteiger partial charge on any atom is 0.126 e. The lowest BCUT2D eigenvalue weighted by molar-refractivity contribution is 0.365. The van der Waals surface area contributed by atoms with E-state index < -0.39 is 0 Å². The molecule has 0 aliphatic carbocycles. The molecule has 2 nitrogen and oxygen atoms in total. The minimum atomic E-state index is -0.220. The lowest BCUT2D eigenvalue weighted by Gasteiger charge is -2.26. The van der Waals surface area contributed by atoms with Crippen LogP contribution in [0.15, 0.2) is 12.1 Å². The standard InChI is InChI=1S/C13H20ClFN2/c1-9-6-11(14)10(7-12(9)15)8-17-13(2,3)4-5-16/h6-7,17H,4-5,8,16H2,1-3H3. The molecule has 0 saturated carbocycles. The molecule has 17 heavy (non-hydrogen) atoms. The molecule has 0 amide bonds. The van der Waals surface area contributed by atoms with E-state index in [0.717, 1.165) is 12.0 Å². The minimum Gasteiger partial charge on any atom is -0.330 e. The summed E-state index contributed by atoms with van der Waals surface area (Å²) in [5.41, 5.74) is 6.81. The number of halogens is 2. The Bertz CT molecular complexity index is 391. The number of aryl methyl sites for hydroxylation is 1. The Labute approximate surface area is 107 Å². The van der Waals surface area contributed by atoms with E-state index in [0.29, 0.717) is 23.7 Å². The molecule has 0 aliphatic heterocycles. The first-order chi connectivity index (χ1) is 7.85. The Morgan fingerprint density at radius 3 is 2.65 bits per heavy atom. The topological polar surface area (TPSA) is 38.0 Å². The molecule has 0 saturated heterocycles. The van der Waals surface area contributed by atoms with Crippen molar-refractivity contribution in [1.82, 2.24) is 5.32 Å². The summed E-state index contributed by atoms with van der Waals surface area (Å²) in [5.74, 6) is -0.220. The number of benzene rings is 1. The predicted octanol–water partition coefficient (Wildman–Crippen LogP) is 3.00. The second kappa shape index (κ2) is 5.80. The fourth-order valence-corrected chi connectivity index (χ4v) is 1.89. The molecule has 0 bridgehead atoms. The van der Waals surface area contributed by atoms with Crippen molar-refractivity contribution in [3.8, 4) is 0 Å². The molecular weight excluding hydrogens is 239 g/mol. The Hall–Kier alpha value is -0.640. The van der Waals surface area contributed by atoms with Gasteiger partial charge >= 0.3 is 0 Å². The molecule has 1 aromatic rings. The molecule has 96 valence electrons. The van der Waals surface area contributed by atoms with Crippen LogP contribution in [0.2, 0.25) is 5.02 Å². The molecule has 0 unspecified atom stereocenters. The smallest absolute Gasteiger partial charge is 0.126 e. The molecule has 0 fully saturated rings. The quantitative estimate of drug-likeness (QED) is 0.852. The molecule has 4 heteroatoms. The van der Waals surface area contributed by atoms with Gasteiger partial charge in [0.25, 0.3) is 0 Å². The van der Waals surface area contributed by atoms with E-state index in [1.165, 1.54) is 6.07 Å². The highest BCUT2D eigenvalue weighted by Gasteiger charge is 2.16. The molecule has 0 radical (unpaired) electrons. The molecule has 0 spiro atoms. The first kappa shape index (κ1) is 14.4. The highest BCUT2D eigenvalue weighted by atomic mass is 35.5. The monoisotopic (exact) mass is 258 g/mol. The second-order valence-electron chi connectivity index (χ2n) is 4.97. The zero-order valence-corrected chi connectivity index (χ0v) is 11.4. The Balaban J connectivity index is 2.73. The predicted molar refractivity (Wildman–Crippen MR) is 70.7 cm³/mol. The van der Waals surface area contributed by atoms with Crippen LogP contribution in [0.5, 0.6) is 0 Å². The SMILES string of the molecule is Cc1cc(Cl)c(CNC(C)(C)CCN)cc1F. The normalized spacial score (nSPS) is 11.9. The summed E-state index contributed by atoms with van der Waals surface area (Å²) < 4.78 is 13.4. The van der Waals surface area contributed by atoms with Crippen LogP contribution in [-0.4, -0.2) is 12.1 Å². The van der Waals surface area contributed by atoms with Crippen LogP contribution in [0, 0.1) is 12.7 Å². The number of nitrogens with two attached hydrogens (primary N) is 1. The maximum absolute atomic E-state index is 13.4. The van der Waals surface area contributed by atoms with Gasteiger partial charge in [0.15, 0.2) is 0 Å². The van der Waals surface area contributed by atoms with Gasteiger partial charge in [-0.2, -0.15) is 0 Å². The summed E-state index contributed by atoms with van der Waals surface area (Å²) in [6.45, 7) is 7.01. The van der Waals surface area contributed by atoms with Crippen LogP contribution in [0.25, 0.3) is 0 Å². The number of nitrogens with one attached hydrogen (secondary N) is 1. The minimum absolute atomic E-state index is 0.0700. The van der Waals surface area contributed by atoms with Crippen molar-refractivity contribution in [2.75, 3.05) is 6.54 Å². The van der Waals surface area contributed by atoms with Crippen LogP contribution in [0.1, 0.15) is 31.4 Å². The molecular formula is C13H20ClFN2. The van der Waals surface area contributed by atoms with Crippen molar-refractivity contribution >= 4 is 11.6 Å². The van der Waals surface area contributed by atoms with Crippen LogP contribution in [0.4, 0.5) is 4.39 Å². The molecule has 1 rings (SSSR count). The molecule has 0 atom stereocenters. The van der Waals surface area contributed by atoms with Gasteiger partial charge in [0.05, 0.1) is 0 Å². The molecule has 3 N–H and O–H groups in total. The van der Waals surface area contributed by atoms with Gasteiger partial charge in [0.2, 0.25) is 0 Å². The Kier molecular flexibility index (Phi) is 4.92. The molecule has 1 aromatic carbocycles. The van der Waals surface area contributed by atoms with Crippen molar-refractivity contribution in [2.24, 2.45) is 5.73 Å². The van der Waals surface area contributed by atoms with Gasteiger partial charge in [-0.15, -0.1) is 0 Å². The third-order valence-corrected chi connectivity index (χ3v) is 3.21. The van der Waals surface area contributed by atoms with Gasteiger partial charge in [-0.05, 0) is 57.0 Å². The van der Waals surface area contributed by atoms with Crippen molar-refractivity contribution in [2.45, 2.75) is 39.3 Å². The highest BCUT2D eigenvalue weighted by molar-refractivity contribution is 6.31.